The predicted octanol–water partition coefficient (Wildman–Crippen LogP) is 0.836. The highest BCUT2D eigenvalue weighted by molar-refractivity contribution is 7.84. The first-order valence-electron chi connectivity index (χ1n) is 5.96. The molecule has 1 N–H and O–H groups in total. The third-order valence-corrected chi connectivity index (χ3v) is 3.83. The number of hydrogen-bond donors (Lipinski definition) is 1. The van der Waals surface area contributed by atoms with Crippen molar-refractivity contribution in [2.75, 3.05) is 7.11 Å². The van der Waals surface area contributed by atoms with Crippen LogP contribution in [-0.2, 0) is 24.0 Å². The summed E-state index contributed by atoms with van der Waals surface area (Å²) in [6, 6.07) is 5.90. The van der Waals surface area contributed by atoms with Gasteiger partial charge in [0.2, 0.25) is 0 Å². The predicted molar refractivity (Wildman–Crippen MR) is 70.3 cm³/mol. The van der Waals surface area contributed by atoms with Gasteiger partial charge in [0.05, 0.1) is 17.6 Å². The van der Waals surface area contributed by atoms with Gasteiger partial charge in [-0.1, -0.05) is 12.1 Å². The van der Waals surface area contributed by atoms with E-state index in [2.05, 4.69) is 8.91 Å². The van der Waals surface area contributed by atoms with E-state index in [1.165, 1.54) is 18.2 Å². The van der Waals surface area contributed by atoms with E-state index in [1.54, 1.807) is 13.0 Å². The van der Waals surface area contributed by atoms with Crippen molar-refractivity contribution in [1.29, 1.82) is 0 Å². The molecule has 2 rings (SSSR count). The van der Waals surface area contributed by atoms with Crippen LogP contribution < -0.4 is 4.72 Å². The van der Waals surface area contributed by atoms with Gasteiger partial charge in [-0.2, -0.15) is 13.1 Å². The molecule has 3 unspecified atom stereocenters. The fourth-order valence-electron chi connectivity index (χ4n) is 2.00. The Labute approximate surface area is 121 Å². The zero-order valence-corrected chi connectivity index (χ0v) is 12.1. The minimum absolute atomic E-state index is 0.179. The molecule has 0 bridgehead atoms. The third kappa shape index (κ3) is 3.54. The lowest BCUT2D eigenvalue weighted by Crippen LogP contribution is -2.38. The van der Waals surface area contributed by atoms with E-state index in [1.807, 2.05) is 0 Å². The molecule has 0 radical (unpaired) electrons. The van der Waals surface area contributed by atoms with Gasteiger partial charge in [-0.15, -0.1) is 0 Å². The molecule has 0 spiro atoms. The van der Waals surface area contributed by atoms with Gasteiger partial charge in [0, 0.05) is 6.07 Å². The largest absolute Gasteiger partial charge is 0.340 e. The average Bonchev–Trinajstić information content (AvgIpc) is 2.78. The Kier molecular flexibility index (Phi) is 4.54. The molecular weight excluding hydrogens is 304 g/mol. The fourth-order valence-corrected chi connectivity index (χ4v) is 2.56. The molecule has 116 valence electrons. The van der Waals surface area contributed by atoms with Crippen LogP contribution in [-0.4, -0.2) is 33.0 Å². The monoisotopic (exact) mass is 318 g/mol. The molecule has 0 aromatic heterocycles. The van der Waals surface area contributed by atoms with Crippen LogP contribution in [0.15, 0.2) is 24.3 Å². The van der Waals surface area contributed by atoms with Crippen molar-refractivity contribution in [1.82, 2.24) is 4.72 Å². The molecule has 3 atom stereocenters. The Morgan fingerprint density at radius 1 is 1.33 bits per heavy atom. The minimum atomic E-state index is -4.03. The summed E-state index contributed by atoms with van der Waals surface area (Å²) in [4.78, 5) is 10.5. The van der Waals surface area contributed by atoms with Crippen LogP contribution in [0.5, 0.6) is 0 Å². The molecule has 0 amide bonds. The zero-order chi connectivity index (χ0) is 15.6. The smallest absolute Gasteiger partial charge is 0.337 e. The standard InChI is InChI=1S/C11H14N2O7S/c1-7-19-10(11(20-7)12-21(16,17)18-2)8-5-3-4-6-9(8)13(14)15/h3-7,10-12H,1-2H3. The van der Waals surface area contributed by atoms with E-state index in [4.69, 9.17) is 9.47 Å². The van der Waals surface area contributed by atoms with Gasteiger partial charge < -0.3 is 9.47 Å². The van der Waals surface area contributed by atoms with Crippen molar-refractivity contribution in [3.8, 4) is 0 Å². The zero-order valence-electron chi connectivity index (χ0n) is 11.3. The normalized spacial score (nSPS) is 25.9. The van der Waals surface area contributed by atoms with Crippen LogP contribution >= 0.6 is 0 Å². The summed E-state index contributed by atoms with van der Waals surface area (Å²) in [6.45, 7) is 1.56. The average molecular weight is 318 g/mol. The van der Waals surface area contributed by atoms with Crippen LogP contribution in [0.3, 0.4) is 0 Å². The Bertz CT molecular complexity index is 633. The molecule has 1 aliphatic rings. The second-order valence-corrected chi connectivity index (χ2v) is 5.71. The summed E-state index contributed by atoms with van der Waals surface area (Å²) in [7, 11) is -3.04. The number of hydrogen-bond acceptors (Lipinski definition) is 7. The number of nitrogens with one attached hydrogen (secondary N) is 1. The second kappa shape index (κ2) is 6.03. The highest BCUT2D eigenvalue weighted by Crippen LogP contribution is 2.36. The lowest BCUT2D eigenvalue weighted by Gasteiger charge is -2.17. The van der Waals surface area contributed by atoms with Crippen molar-refractivity contribution in [3.05, 3.63) is 39.9 Å². The van der Waals surface area contributed by atoms with E-state index in [9.17, 15) is 18.5 Å². The van der Waals surface area contributed by atoms with Gasteiger partial charge in [-0.25, -0.2) is 0 Å². The van der Waals surface area contributed by atoms with Crippen LogP contribution in [0.1, 0.15) is 18.6 Å². The van der Waals surface area contributed by atoms with E-state index >= 15 is 0 Å². The highest BCUT2D eigenvalue weighted by Gasteiger charge is 2.40. The number of ether oxygens (including phenoxy) is 2. The van der Waals surface area contributed by atoms with E-state index in [0.29, 0.717) is 0 Å². The van der Waals surface area contributed by atoms with E-state index in [0.717, 1.165) is 7.11 Å². The maximum absolute atomic E-state index is 11.5. The van der Waals surface area contributed by atoms with Crippen molar-refractivity contribution >= 4 is 16.0 Å². The molecule has 1 saturated heterocycles. The number of rotatable bonds is 5. The quantitative estimate of drug-likeness (QED) is 0.631. The minimum Gasteiger partial charge on any atom is -0.340 e. The molecule has 1 heterocycles. The number of para-hydroxylation sites is 1. The Morgan fingerprint density at radius 3 is 2.62 bits per heavy atom. The summed E-state index contributed by atoms with van der Waals surface area (Å²) < 4.78 is 40.0. The first-order valence-corrected chi connectivity index (χ1v) is 7.37. The van der Waals surface area contributed by atoms with Crippen molar-refractivity contribution in [2.24, 2.45) is 0 Å². The van der Waals surface area contributed by atoms with Gasteiger partial charge >= 0.3 is 10.3 Å². The molecule has 1 fully saturated rings. The van der Waals surface area contributed by atoms with Gasteiger partial charge in [-0.05, 0) is 13.0 Å². The summed E-state index contributed by atoms with van der Waals surface area (Å²) in [5.74, 6) is 0. The van der Waals surface area contributed by atoms with Crippen molar-refractivity contribution in [2.45, 2.75) is 25.5 Å². The van der Waals surface area contributed by atoms with Crippen LogP contribution in [0.2, 0.25) is 0 Å². The Balaban J connectivity index is 2.35. The third-order valence-electron chi connectivity index (χ3n) is 2.87. The van der Waals surface area contributed by atoms with Crippen molar-refractivity contribution in [3.63, 3.8) is 0 Å². The number of benzene rings is 1. The van der Waals surface area contributed by atoms with Gasteiger partial charge in [-0.3, -0.25) is 14.3 Å². The lowest BCUT2D eigenvalue weighted by atomic mass is 10.1. The van der Waals surface area contributed by atoms with Gasteiger partial charge in [0.1, 0.15) is 6.10 Å². The second-order valence-electron chi connectivity index (χ2n) is 4.24. The topological polar surface area (TPSA) is 117 Å². The molecule has 1 aromatic carbocycles. The number of nitrogens with zero attached hydrogens (tertiary/aromatic N) is 1. The Hall–Kier alpha value is -1.59. The molecule has 0 saturated carbocycles. The molecule has 1 aromatic rings. The molecule has 21 heavy (non-hydrogen) atoms. The van der Waals surface area contributed by atoms with E-state index < -0.39 is 33.8 Å². The number of nitro benzene ring substituents is 1. The molecule has 9 nitrogen and oxygen atoms in total. The fraction of sp³-hybridized carbons (Fsp3) is 0.455. The van der Waals surface area contributed by atoms with Crippen LogP contribution in [0, 0.1) is 10.1 Å². The molecule has 10 heteroatoms. The van der Waals surface area contributed by atoms with Gasteiger partial charge in [0.25, 0.3) is 5.69 Å². The lowest BCUT2D eigenvalue weighted by molar-refractivity contribution is -0.386. The molecule has 1 aliphatic heterocycles. The van der Waals surface area contributed by atoms with Crippen LogP contribution in [0.25, 0.3) is 0 Å². The summed E-state index contributed by atoms with van der Waals surface area (Å²) in [5.41, 5.74) is 0.0393. The first-order chi connectivity index (χ1) is 9.84. The summed E-state index contributed by atoms with van der Waals surface area (Å²) in [6.07, 6.45) is -2.79. The maximum atomic E-state index is 11.5. The van der Waals surface area contributed by atoms with Crippen LogP contribution in [0.4, 0.5) is 5.69 Å². The molecule has 0 aliphatic carbocycles. The highest BCUT2D eigenvalue weighted by atomic mass is 32.2. The SMILES string of the molecule is COS(=O)(=O)NC1OC(C)OC1c1ccccc1[N+](=O)[O-]. The first kappa shape index (κ1) is 15.8. The van der Waals surface area contributed by atoms with E-state index in [-0.39, 0.29) is 11.3 Å². The van der Waals surface area contributed by atoms with Crippen molar-refractivity contribution < 1.29 is 27.0 Å². The molecular formula is C11H14N2O7S. The van der Waals surface area contributed by atoms with Gasteiger partial charge in [0.15, 0.2) is 12.5 Å². The summed E-state index contributed by atoms with van der Waals surface area (Å²) in [5, 5.41) is 11.1. The maximum Gasteiger partial charge on any atom is 0.337 e. The Morgan fingerprint density at radius 2 is 2.00 bits per heavy atom. The summed E-state index contributed by atoms with van der Waals surface area (Å²) >= 11 is 0. The number of nitro groups is 1.